The second-order valence-electron chi connectivity index (χ2n) is 6.67. The summed E-state index contributed by atoms with van der Waals surface area (Å²) < 4.78 is 6.46. The number of ether oxygens (including phenoxy) is 1. The Balaban J connectivity index is 1.66. The zero-order valence-corrected chi connectivity index (χ0v) is 17.0. The van der Waals surface area contributed by atoms with Crippen LogP contribution >= 0.6 is 11.8 Å². The molecule has 1 fully saturated rings. The van der Waals surface area contributed by atoms with Crippen molar-refractivity contribution in [1.82, 2.24) is 9.55 Å². The molecular weight excluding hydrogens is 406 g/mol. The molecule has 1 aliphatic rings. The zero-order chi connectivity index (χ0) is 21.3. The molecule has 1 atom stereocenters. The van der Waals surface area contributed by atoms with Crippen molar-refractivity contribution in [3.05, 3.63) is 58.9 Å². The molecule has 0 unspecified atom stereocenters. The minimum atomic E-state index is -0.711. The van der Waals surface area contributed by atoms with E-state index in [4.69, 9.17) is 4.74 Å². The summed E-state index contributed by atoms with van der Waals surface area (Å²) in [5.41, 5.74) is 0.678. The van der Waals surface area contributed by atoms with Crippen LogP contribution in [-0.2, 0) is 16.1 Å². The van der Waals surface area contributed by atoms with Crippen molar-refractivity contribution in [2.45, 2.75) is 23.4 Å². The van der Waals surface area contributed by atoms with Crippen LogP contribution in [0.2, 0.25) is 0 Å². The summed E-state index contributed by atoms with van der Waals surface area (Å²) in [5, 5.41) is 9.42. The van der Waals surface area contributed by atoms with Gasteiger partial charge in [0.15, 0.2) is 5.16 Å². The van der Waals surface area contributed by atoms with Gasteiger partial charge in [0.2, 0.25) is 11.8 Å². The van der Waals surface area contributed by atoms with E-state index in [1.165, 1.54) is 11.7 Å². The van der Waals surface area contributed by atoms with Crippen LogP contribution in [0.5, 0.6) is 5.75 Å². The number of benzene rings is 2. The number of nitrogens with zero attached hydrogens (tertiary/aromatic N) is 3. The number of hydrogen-bond acceptors (Lipinski definition) is 7. The number of aliphatic hydroxyl groups excluding tert-OH is 1. The van der Waals surface area contributed by atoms with Crippen LogP contribution in [-0.4, -0.2) is 45.4 Å². The number of aromatic nitrogens is 2. The molecule has 0 saturated carbocycles. The molecule has 30 heavy (non-hydrogen) atoms. The van der Waals surface area contributed by atoms with E-state index in [1.54, 1.807) is 48.5 Å². The first-order chi connectivity index (χ1) is 14.5. The highest BCUT2D eigenvalue weighted by molar-refractivity contribution is 8.00. The van der Waals surface area contributed by atoms with Gasteiger partial charge in [-0.2, -0.15) is 0 Å². The molecule has 154 valence electrons. The summed E-state index contributed by atoms with van der Waals surface area (Å²) in [6, 6.07) is 13.6. The van der Waals surface area contributed by atoms with Crippen LogP contribution in [0.4, 0.5) is 5.69 Å². The van der Waals surface area contributed by atoms with Crippen LogP contribution in [0.25, 0.3) is 10.9 Å². The lowest BCUT2D eigenvalue weighted by molar-refractivity contribution is -0.121. The van der Waals surface area contributed by atoms with Crippen molar-refractivity contribution < 1.29 is 19.4 Å². The summed E-state index contributed by atoms with van der Waals surface area (Å²) >= 11 is 1.07. The molecule has 9 heteroatoms. The topological polar surface area (TPSA) is 102 Å². The van der Waals surface area contributed by atoms with Crippen molar-refractivity contribution in [3.63, 3.8) is 0 Å². The van der Waals surface area contributed by atoms with Crippen molar-refractivity contribution in [2.75, 3.05) is 18.6 Å². The third-order valence-corrected chi connectivity index (χ3v) is 6.01. The Labute approximate surface area is 176 Å². The number of methoxy groups -OCH3 is 1. The molecule has 2 amide bonds. The summed E-state index contributed by atoms with van der Waals surface area (Å²) in [7, 11) is 1.54. The molecule has 8 nitrogen and oxygen atoms in total. The number of imide groups is 1. The first-order valence-corrected chi connectivity index (χ1v) is 10.2. The van der Waals surface area contributed by atoms with Gasteiger partial charge in [-0.1, -0.05) is 23.9 Å². The van der Waals surface area contributed by atoms with E-state index in [9.17, 15) is 19.5 Å². The third kappa shape index (κ3) is 3.57. The molecule has 0 aliphatic carbocycles. The van der Waals surface area contributed by atoms with E-state index in [0.29, 0.717) is 27.5 Å². The average molecular weight is 425 g/mol. The van der Waals surface area contributed by atoms with Gasteiger partial charge in [-0.15, -0.1) is 0 Å². The van der Waals surface area contributed by atoms with Gasteiger partial charge in [-0.3, -0.25) is 19.0 Å². The lowest BCUT2D eigenvalue weighted by Gasteiger charge is -2.16. The molecule has 0 radical (unpaired) electrons. The van der Waals surface area contributed by atoms with E-state index >= 15 is 0 Å². The number of rotatable bonds is 6. The normalized spacial score (nSPS) is 16.5. The number of amides is 2. The maximum Gasteiger partial charge on any atom is 0.262 e. The molecule has 2 aromatic carbocycles. The van der Waals surface area contributed by atoms with Crippen LogP contribution in [0, 0.1) is 0 Å². The Morgan fingerprint density at radius 1 is 1.13 bits per heavy atom. The number of hydrogen-bond donors (Lipinski definition) is 1. The van der Waals surface area contributed by atoms with Crippen molar-refractivity contribution in [3.8, 4) is 5.75 Å². The minimum Gasteiger partial charge on any atom is -0.497 e. The third-order valence-electron chi connectivity index (χ3n) is 4.83. The van der Waals surface area contributed by atoms with Crippen LogP contribution < -0.4 is 15.2 Å². The Morgan fingerprint density at radius 3 is 2.57 bits per heavy atom. The van der Waals surface area contributed by atoms with Crippen LogP contribution in [0.3, 0.4) is 0 Å². The number of fused-ring (bicyclic) bond motifs is 1. The fourth-order valence-corrected chi connectivity index (χ4v) is 4.50. The maximum absolute atomic E-state index is 13.0. The minimum absolute atomic E-state index is 0.00263. The van der Waals surface area contributed by atoms with Gasteiger partial charge in [0, 0.05) is 6.42 Å². The monoisotopic (exact) mass is 425 g/mol. The molecule has 2 heterocycles. The predicted octanol–water partition coefficient (Wildman–Crippen LogP) is 1.82. The highest BCUT2D eigenvalue weighted by Gasteiger charge is 2.41. The van der Waals surface area contributed by atoms with Gasteiger partial charge in [0.1, 0.15) is 11.0 Å². The number of para-hydroxylation sites is 1. The molecule has 1 aliphatic heterocycles. The summed E-state index contributed by atoms with van der Waals surface area (Å²) in [4.78, 5) is 44.0. The maximum atomic E-state index is 13.0. The number of aliphatic hydroxyl groups is 1. The number of carbonyl (C=O) groups excluding carboxylic acids is 2. The number of anilines is 1. The smallest absolute Gasteiger partial charge is 0.262 e. The van der Waals surface area contributed by atoms with Gasteiger partial charge >= 0.3 is 0 Å². The van der Waals surface area contributed by atoms with E-state index in [2.05, 4.69) is 4.98 Å². The summed E-state index contributed by atoms with van der Waals surface area (Å²) in [6.07, 6.45) is -0.00263. The van der Waals surface area contributed by atoms with Crippen LogP contribution in [0.15, 0.2) is 58.5 Å². The standard InChI is InChI=1S/C21H19N3O5S/c1-29-14-8-6-13(7-9-14)24-18(26)12-17(20(24)28)30-21-22-16-5-3-2-4-15(16)19(27)23(21)10-11-25/h2-9,17,25H,10-12H2,1H3/t17-/m0/s1. The number of carbonyl (C=O) groups is 2. The van der Waals surface area contributed by atoms with Gasteiger partial charge < -0.3 is 9.84 Å². The Morgan fingerprint density at radius 2 is 1.87 bits per heavy atom. The van der Waals surface area contributed by atoms with Gasteiger partial charge in [0.25, 0.3) is 5.56 Å². The fraction of sp³-hybridized carbons (Fsp3) is 0.238. The van der Waals surface area contributed by atoms with E-state index in [0.717, 1.165) is 16.7 Å². The highest BCUT2D eigenvalue weighted by atomic mass is 32.2. The van der Waals surface area contributed by atoms with Crippen molar-refractivity contribution in [1.29, 1.82) is 0 Å². The first kappa shape index (κ1) is 20.1. The quantitative estimate of drug-likeness (QED) is 0.475. The van der Waals surface area contributed by atoms with E-state index < -0.39 is 5.25 Å². The first-order valence-electron chi connectivity index (χ1n) is 9.31. The fourth-order valence-electron chi connectivity index (χ4n) is 3.36. The SMILES string of the molecule is COc1ccc(N2C(=O)C[C@H](Sc3nc4ccccc4c(=O)n3CCO)C2=O)cc1. The molecule has 1 saturated heterocycles. The summed E-state index contributed by atoms with van der Waals surface area (Å²) in [6.45, 7) is -0.195. The molecule has 1 N–H and O–H groups in total. The lowest BCUT2D eigenvalue weighted by Crippen LogP contribution is -2.31. The second-order valence-corrected chi connectivity index (χ2v) is 7.84. The second kappa shape index (κ2) is 8.29. The molecule has 1 aromatic heterocycles. The molecule has 0 bridgehead atoms. The van der Waals surface area contributed by atoms with Crippen molar-refractivity contribution >= 4 is 40.2 Å². The Kier molecular flexibility index (Phi) is 5.56. The highest BCUT2D eigenvalue weighted by Crippen LogP contribution is 2.34. The zero-order valence-electron chi connectivity index (χ0n) is 16.1. The molecule has 0 spiro atoms. The number of thioether (sulfide) groups is 1. The Bertz CT molecular complexity index is 1180. The van der Waals surface area contributed by atoms with Gasteiger partial charge in [0.05, 0.1) is 36.9 Å². The van der Waals surface area contributed by atoms with Crippen LogP contribution in [0.1, 0.15) is 6.42 Å². The molecule has 4 rings (SSSR count). The van der Waals surface area contributed by atoms with Gasteiger partial charge in [-0.05, 0) is 36.4 Å². The largest absolute Gasteiger partial charge is 0.497 e. The van der Waals surface area contributed by atoms with E-state index in [1.807, 2.05) is 0 Å². The molecule has 3 aromatic rings. The summed E-state index contributed by atoms with van der Waals surface area (Å²) in [5.74, 6) is -0.0650. The van der Waals surface area contributed by atoms with Gasteiger partial charge in [-0.25, -0.2) is 9.88 Å². The lowest BCUT2D eigenvalue weighted by atomic mass is 10.2. The van der Waals surface area contributed by atoms with Crippen molar-refractivity contribution in [2.24, 2.45) is 0 Å². The Hall–Kier alpha value is -3.17. The predicted molar refractivity (Wildman–Crippen MR) is 113 cm³/mol. The molecular formula is C21H19N3O5S. The average Bonchev–Trinajstić information content (AvgIpc) is 3.04. The van der Waals surface area contributed by atoms with E-state index in [-0.39, 0.29) is 36.9 Å².